The number of carbonyl (C=O) groups is 2. The smallest absolute Gasteiger partial charge is 0.326 e. The molecule has 1 atom stereocenters. The quantitative estimate of drug-likeness (QED) is 0.738. The molecule has 99 valence electrons. The number of nitrogens with one attached hydrogen (secondary N) is 2. The molecule has 3 N–H and O–H groups in total. The van der Waals surface area contributed by atoms with Crippen LogP contribution in [0, 0.1) is 0 Å². The van der Waals surface area contributed by atoms with Crippen LogP contribution in [0.2, 0.25) is 0 Å². The molecule has 6 heteroatoms. The number of carbonyl (C=O) groups excluding carboxylic acids is 1. The highest BCUT2D eigenvalue weighted by atomic mass is 16.4. The Kier molecular flexibility index (Phi) is 3.82. The highest BCUT2D eigenvalue weighted by molar-refractivity contribution is 5.86. The van der Waals surface area contributed by atoms with Gasteiger partial charge in [0.25, 0.3) is 0 Å². The van der Waals surface area contributed by atoms with Crippen LogP contribution in [0.15, 0.2) is 30.5 Å². The van der Waals surface area contributed by atoms with Crippen LogP contribution >= 0.6 is 0 Å². The summed E-state index contributed by atoms with van der Waals surface area (Å²) in [7, 11) is 0. The van der Waals surface area contributed by atoms with E-state index in [1.807, 2.05) is 24.3 Å². The fourth-order valence-electron chi connectivity index (χ4n) is 1.96. The molecule has 0 aliphatic heterocycles. The molecule has 0 bridgehead atoms. The maximum atomic E-state index is 11.1. The van der Waals surface area contributed by atoms with Crippen LogP contribution in [0.5, 0.6) is 0 Å². The molecular formula is C13H13N2O4. The van der Waals surface area contributed by atoms with Gasteiger partial charge in [-0.05, 0) is 11.6 Å². The fourth-order valence-corrected chi connectivity index (χ4v) is 1.96. The average Bonchev–Trinajstić information content (AvgIpc) is 2.81. The van der Waals surface area contributed by atoms with E-state index >= 15 is 0 Å². The van der Waals surface area contributed by atoms with E-state index in [1.54, 1.807) is 6.20 Å². The normalized spacial score (nSPS) is 12.3. The first kappa shape index (κ1) is 13.1. The number of rotatable bonds is 5. The van der Waals surface area contributed by atoms with Crippen LogP contribution in [0.3, 0.4) is 0 Å². The maximum Gasteiger partial charge on any atom is 0.326 e. The largest absolute Gasteiger partial charge is 0.480 e. The first-order valence-electron chi connectivity index (χ1n) is 5.77. The molecule has 1 unspecified atom stereocenters. The number of aliphatic carboxylic acids is 1. The van der Waals surface area contributed by atoms with Crippen molar-refractivity contribution < 1.29 is 19.8 Å². The summed E-state index contributed by atoms with van der Waals surface area (Å²) >= 11 is 0. The van der Waals surface area contributed by atoms with Crippen LogP contribution in [0.25, 0.3) is 10.9 Å². The molecule has 1 heterocycles. The van der Waals surface area contributed by atoms with Crippen LogP contribution in [-0.2, 0) is 21.1 Å². The van der Waals surface area contributed by atoms with E-state index in [1.165, 1.54) is 0 Å². The van der Waals surface area contributed by atoms with Gasteiger partial charge in [-0.25, -0.2) is 9.90 Å². The van der Waals surface area contributed by atoms with Gasteiger partial charge in [0, 0.05) is 23.5 Å². The van der Waals surface area contributed by atoms with Gasteiger partial charge in [-0.3, -0.25) is 4.79 Å². The Morgan fingerprint density at radius 1 is 1.32 bits per heavy atom. The van der Waals surface area contributed by atoms with Gasteiger partial charge >= 0.3 is 5.97 Å². The minimum atomic E-state index is -1.16. The van der Waals surface area contributed by atoms with Crippen molar-refractivity contribution in [2.75, 3.05) is 6.61 Å². The predicted octanol–water partition coefficient (Wildman–Crippen LogP) is 0.710. The molecule has 2 aromatic rings. The highest BCUT2D eigenvalue weighted by Gasteiger charge is 2.21. The zero-order valence-electron chi connectivity index (χ0n) is 10.1. The van der Waals surface area contributed by atoms with Crippen molar-refractivity contribution in [3.63, 3.8) is 0 Å². The number of para-hydroxylation sites is 1. The van der Waals surface area contributed by atoms with Crippen LogP contribution in [0.1, 0.15) is 5.56 Å². The lowest BCUT2D eigenvalue weighted by Crippen LogP contribution is -2.43. The standard InChI is InChI=1S/C13H13N2O4/c16-7-12(17)15-11(13(18)19)5-8-6-14-10-4-2-1-3-9(8)10/h1-4,6,11,14H,5,7H2,(H,15,17)(H,18,19). The van der Waals surface area contributed by atoms with E-state index in [2.05, 4.69) is 10.3 Å². The summed E-state index contributed by atoms with van der Waals surface area (Å²) in [6.07, 6.45) is 1.84. The van der Waals surface area contributed by atoms with Gasteiger partial charge < -0.3 is 15.4 Å². The molecule has 0 fully saturated rings. The SMILES string of the molecule is [O]CC(=O)NC(Cc1c[nH]c2ccccc12)C(=O)O. The Labute approximate surface area is 109 Å². The van der Waals surface area contributed by atoms with Crippen molar-refractivity contribution in [2.24, 2.45) is 0 Å². The number of aromatic nitrogens is 1. The molecule has 0 aliphatic rings. The highest BCUT2D eigenvalue weighted by Crippen LogP contribution is 2.19. The summed E-state index contributed by atoms with van der Waals surface area (Å²) in [6, 6.07) is 6.38. The van der Waals surface area contributed by atoms with Gasteiger partial charge in [-0.15, -0.1) is 0 Å². The molecule has 0 saturated heterocycles. The van der Waals surface area contributed by atoms with Crippen LogP contribution in [0.4, 0.5) is 0 Å². The third kappa shape index (κ3) is 2.92. The lowest BCUT2D eigenvalue weighted by Gasteiger charge is -2.12. The van der Waals surface area contributed by atoms with E-state index in [0.29, 0.717) is 0 Å². The number of hydrogen-bond donors (Lipinski definition) is 3. The number of hydrogen-bond acceptors (Lipinski definition) is 2. The minimum absolute atomic E-state index is 0.130. The second-order valence-electron chi connectivity index (χ2n) is 4.17. The number of amides is 1. The monoisotopic (exact) mass is 261 g/mol. The van der Waals surface area contributed by atoms with Gasteiger partial charge in [0.2, 0.25) is 5.91 Å². The Morgan fingerprint density at radius 3 is 2.74 bits per heavy atom. The second-order valence-corrected chi connectivity index (χ2v) is 4.17. The first-order chi connectivity index (χ1) is 9.11. The minimum Gasteiger partial charge on any atom is -0.480 e. The van der Waals surface area contributed by atoms with E-state index in [0.717, 1.165) is 16.5 Å². The Balaban J connectivity index is 2.21. The average molecular weight is 261 g/mol. The topological polar surface area (TPSA) is 102 Å². The van der Waals surface area contributed by atoms with Crippen molar-refractivity contribution >= 4 is 22.8 Å². The Bertz CT molecular complexity index is 605. The molecule has 1 radical (unpaired) electrons. The summed E-state index contributed by atoms with van der Waals surface area (Å²) < 4.78 is 0. The molecule has 0 spiro atoms. The summed E-state index contributed by atoms with van der Waals surface area (Å²) in [5, 5.41) is 22.6. The number of H-pyrrole nitrogens is 1. The number of aromatic amines is 1. The third-order valence-corrected chi connectivity index (χ3v) is 2.86. The molecular weight excluding hydrogens is 248 g/mol. The van der Waals surface area contributed by atoms with E-state index < -0.39 is 24.5 Å². The molecule has 1 aromatic carbocycles. The Morgan fingerprint density at radius 2 is 2.05 bits per heavy atom. The summed E-state index contributed by atoms with van der Waals surface area (Å²) in [4.78, 5) is 25.1. The predicted molar refractivity (Wildman–Crippen MR) is 67.1 cm³/mol. The van der Waals surface area contributed by atoms with Gasteiger partial charge in [0.15, 0.2) is 6.61 Å². The molecule has 1 amide bonds. The maximum absolute atomic E-state index is 11.1. The molecule has 6 nitrogen and oxygen atoms in total. The van der Waals surface area contributed by atoms with Crippen molar-refractivity contribution in [3.8, 4) is 0 Å². The number of benzene rings is 1. The number of carboxylic acid groups (broad SMARTS) is 1. The second kappa shape index (κ2) is 5.53. The summed E-state index contributed by atoms with van der Waals surface area (Å²) in [5.41, 5.74) is 1.69. The van der Waals surface area contributed by atoms with Gasteiger partial charge in [0.1, 0.15) is 6.04 Å². The lowest BCUT2D eigenvalue weighted by molar-refractivity contribution is -0.142. The van der Waals surface area contributed by atoms with E-state index in [4.69, 9.17) is 5.11 Å². The molecule has 19 heavy (non-hydrogen) atoms. The van der Waals surface area contributed by atoms with Gasteiger partial charge in [0.05, 0.1) is 0 Å². The van der Waals surface area contributed by atoms with Crippen LogP contribution < -0.4 is 5.32 Å². The van der Waals surface area contributed by atoms with Crippen molar-refractivity contribution in [3.05, 3.63) is 36.0 Å². The fraction of sp³-hybridized carbons (Fsp3) is 0.231. The van der Waals surface area contributed by atoms with E-state index in [9.17, 15) is 14.7 Å². The lowest BCUT2D eigenvalue weighted by atomic mass is 10.1. The van der Waals surface area contributed by atoms with Crippen molar-refractivity contribution in [2.45, 2.75) is 12.5 Å². The van der Waals surface area contributed by atoms with Crippen LogP contribution in [-0.4, -0.2) is 34.6 Å². The van der Waals surface area contributed by atoms with Crippen molar-refractivity contribution in [1.29, 1.82) is 0 Å². The number of carboxylic acids is 1. The Hall–Kier alpha value is -2.34. The molecule has 2 rings (SSSR count). The van der Waals surface area contributed by atoms with Gasteiger partial charge in [-0.1, -0.05) is 18.2 Å². The number of fused-ring (bicyclic) bond motifs is 1. The molecule has 1 aromatic heterocycles. The first-order valence-corrected chi connectivity index (χ1v) is 5.77. The summed E-state index contributed by atoms with van der Waals surface area (Å²) in [5.74, 6) is -1.97. The summed E-state index contributed by atoms with van der Waals surface area (Å²) in [6.45, 7) is -0.975. The zero-order chi connectivity index (χ0) is 13.8. The van der Waals surface area contributed by atoms with Crippen molar-refractivity contribution in [1.82, 2.24) is 10.3 Å². The molecule has 0 aliphatic carbocycles. The zero-order valence-corrected chi connectivity index (χ0v) is 10.1. The molecule has 0 saturated carbocycles. The van der Waals surface area contributed by atoms with E-state index in [-0.39, 0.29) is 6.42 Å². The third-order valence-electron chi connectivity index (χ3n) is 2.86. The van der Waals surface area contributed by atoms with Gasteiger partial charge in [-0.2, -0.15) is 0 Å².